The molecule has 2 aromatic rings. The van der Waals surface area contributed by atoms with Crippen molar-refractivity contribution in [3.05, 3.63) is 48.0 Å². The lowest BCUT2D eigenvalue weighted by Gasteiger charge is -2.24. The molecular weight excluding hydrogens is 302 g/mol. The average molecular weight is 327 g/mol. The van der Waals surface area contributed by atoms with Gasteiger partial charge in [-0.1, -0.05) is 42.5 Å². The maximum Gasteiger partial charge on any atom is 0.191 e. The van der Waals surface area contributed by atoms with Crippen molar-refractivity contribution in [2.24, 2.45) is 4.99 Å². The fraction of sp³-hybridized carbons (Fsp3) is 0.421. The Balaban J connectivity index is 1.55. The predicted octanol–water partition coefficient (Wildman–Crippen LogP) is 3.44. The molecule has 1 aliphatic heterocycles. The minimum atomic E-state index is 0.553. The van der Waals surface area contributed by atoms with Crippen LogP contribution in [0.25, 0.3) is 10.8 Å². The molecule has 1 unspecified atom stereocenters. The highest BCUT2D eigenvalue weighted by molar-refractivity contribution is 7.99. The van der Waals surface area contributed by atoms with E-state index in [1.54, 1.807) is 0 Å². The van der Waals surface area contributed by atoms with Crippen molar-refractivity contribution in [3.63, 3.8) is 0 Å². The van der Waals surface area contributed by atoms with Gasteiger partial charge in [0.15, 0.2) is 5.96 Å². The maximum atomic E-state index is 4.36. The molecule has 0 aliphatic carbocycles. The quantitative estimate of drug-likeness (QED) is 0.667. The molecule has 1 atom stereocenters. The molecule has 1 heterocycles. The lowest BCUT2D eigenvalue weighted by Crippen LogP contribution is -2.46. The van der Waals surface area contributed by atoms with Crippen LogP contribution in [0.4, 0.5) is 0 Å². The lowest BCUT2D eigenvalue weighted by molar-refractivity contribution is 0.582. The second-order valence-corrected chi connectivity index (χ2v) is 7.10. The third-order valence-corrected chi connectivity index (χ3v) is 5.51. The standard InChI is InChI=1S/C19H25N3S/c1-20-19(22-17-9-5-13-23-14-17)21-12-11-16-8-4-7-15-6-2-3-10-18(15)16/h2-4,6-8,10,17H,5,9,11-14H2,1H3,(H2,20,21,22). The summed E-state index contributed by atoms with van der Waals surface area (Å²) in [6, 6.07) is 15.7. The molecule has 4 heteroatoms. The number of guanidine groups is 1. The molecule has 2 N–H and O–H groups in total. The van der Waals surface area contributed by atoms with Gasteiger partial charge in [0.2, 0.25) is 0 Å². The predicted molar refractivity (Wildman–Crippen MR) is 102 cm³/mol. The van der Waals surface area contributed by atoms with E-state index in [4.69, 9.17) is 0 Å². The number of aliphatic imine (C=N–C) groups is 1. The van der Waals surface area contributed by atoms with Crippen LogP contribution in [0.2, 0.25) is 0 Å². The van der Waals surface area contributed by atoms with Crippen LogP contribution < -0.4 is 10.6 Å². The molecule has 3 nitrogen and oxygen atoms in total. The topological polar surface area (TPSA) is 36.4 Å². The zero-order valence-electron chi connectivity index (χ0n) is 13.7. The Bertz CT molecular complexity index is 657. The summed E-state index contributed by atoms with van der Waals surface area (Å²) >= 11 is 2.03. The van der Waals surface area contributed by atoms with E-state index in [0.717, 1.165) is 18.9 Å². The van der Waals surface area contributed by atoms with Crippen molar-refractivity contribution in [1.82, 2.24) is 10.6 Å². The summed E-state index contributed by atoms with van der Waals surface area (Å²) in [6.07, 6.45) is 3.55. The zero-order valence-corrected chi connectivity index (χ0v) is 14.5. The molecule has 0 amide bonds. The summed E-state index contributed by atoms with van der Waals surface area (Å²) in [5.41, 5.74) is 1.39. The molecule has 122 valence electrons. The summed E-state index contributed by atoms with van der Waals surface area (Å²) in [4.78, 5) is 4.36. The van der Waals surface area contributed by atoms with Gasteiger partial charge in [-0.05, 0) is 41.4 Å². The van der Waals surface area contributed by atoms with Crippen LogP contribution in [0, 0.1) is 0 Å². The first-order valence-corrected chi connectivity index (χ1v) is 9.54. The van der Waals surface area contributed by atoms with Crippen LogP contribution in [0.15, 0.2) is 47.5 Å². The van der Waals surface area contributed by atoms with E-state index < -0.39 is 0 Å². The molecule has 0 radical (unpaired) electrons. The third-order valence-electron chi connectivity index (χ3n) is 4.29. The van der Waals surface area contributed by atoms with E-state index >= 15 is 0 Å². The monoisotopic (exact) mass is 327 g/mol. The molecular formula is C19H25N3S. The highest BCUT2D eigenvalue weighted by atomic mass is 32.2. The van der Waals surface area contributed by atoms with Gasteiger partial charge in [0.1, 0.15) is 0 Å². The Morgan fingerprint density at radius 1 is 1.22 bits per heavy atom. The van der Waals surface area contributed by atoms with E-state index in [0.29, 0.717) is 6.04 Å². The number of hydrogen-bond donors (Lipinski definition) is 2. The Morgan fingerprint density at radius 2 is 2.09 bits per heavy atom. The first kappa shape index (κ1) is 16.2. The fourth-order valence-corrected chi connectivity index (χ4v) is 4.14. The van der Waals surface area contributed by atoms with Gasteiger partial charge < -0.3 is 10.6 Å². The van der Waals surface area contributed by atoms with Gasteiger partial charge in [-0.15, -0.1) is 0 Å². The number of benzene rings is 2. The number of rotatable bonds is 4. The van der Waals surface area contributed by atoms with Gasteiger partial charge in [-0.25, -0.2) is 0 Å². The van der Waals surface area contributed by atoms with Crippen molar-refractivity contribution >= 4 is 28.5 Å². The fourth-order valence-electron chi connectivity index (χ4n) is 3.07. The van der Waals surface area contributed by atoms with Crippen molar-refractivity contribution in [2.45, 2.75) is 25.3 Å². The van der Waals surface area contributed by atoms with Crippen LogP contribution in [-0.2, 0) is 6.42 Å². The molecule has 0 bridgehead atoms. The summed E-state index contributed by atoms with van der Waals surface area (Å²) in [5, 5.41) is 9.67. The minimum Gasteiger partial charge on any atom is -0.356 e. The Hall–Kier alpha value is -1.68. The van der Waals surface area contributed by atoms with E-state index in [-0.39, 0.29) is 0 Å². The summed E-state index contributed by atoms with van der Waals surface area (Å²) in [7, 11) is 1.85. The summed E-state index contributed by atoms with van der Waals surface area (Å²) in [6.45, 7) is 0.896. The molecule has 0 saturated carbocycles. The van der Waals surface area contributed by atoms with Crippen LogP contribution in [-0.4, -0.2) is 37.1 Å². The van der Waals surface area contributed by atoms with Gasteiger partial charge in [0.25, 0.3) is 0 Å². The van der Waals surface area contributed by atoms with Gasteiger partial charge in [-0.2, -0.15) is 11.8 Å². The van der Waals surface area contributed by atoms with E-state index in [1.807, 2.05) is 18.8 Å². The molecule has 3 rings (SSSR count). The lowest BCUT2D eigenvalue weighted by atomic mass is 10.0. The highest BCUT2D eigenvalue weighted by Gasteiger charge is 2.14. The molecule has 1 fully saturated rings. The van der Waals surface area contributed by atoms with Crippen molar-refractivity contribution in [2.75, 3.05) is 25.1 Å². The summed E-state index contributed by atoms with van der Waals surface area (Å²) in [5.74, 6) is 3.41. The zero-order chi connectivity index (χ0) is 15.9. The number of hydrogen-bond acceptors (Lipinski definition) is 2. The van der Waals surface area contributed by atoms with Gasteiger partial charge in [0, 0.05) is 25.4 Å². The molecule has 23 heavy (non-hydrogen) atoms. The van der Waals surface area contributed by atoms with Crippen LogP contribution in [0.3, 0.4) is 0 Å². The normalized spacial score (nSPS) is 18.8. The van der Waals surface area contributed by atoms with Gasteiger partial charge in [-0.3, -0.25) is 4.99 Å². The largest absolute Gasteiger partial charge is 0.356 e. The van der Waals surface area contributed by atoms with Crippen molar-refractivity contribution in [1.29, 1.82) is 0 Å². The van der Waals surface area contributed by atoms with Crippen LogP contribution in [0.5, 0.6) is 0 Å². The molecule has 1 saturated heterocycles. The second kappa shape index (κ2) is 8.25. The molecule has 0 aromatic heterocycles. The summed E-state index contributed by atoms with van der Waals surface area (Å²) < 4.78 is 0. The van der Waals surface area contributed by atoms with Gasteiger partial charge >= 0.3 is 0 Å². The molecule has 2 aromatic carbocycles. The Morgan fingerprint density at radius 3 is 2.91 bits per heavy atom. The minimum absolute atomic E-state index is 0.553. The number of thioether (sulfide) groups is 1. The highest BCUT2D eigenvalue weighted by Crippen LogP contribution is 2.19. The first-order valence-electron chi connectivity index (χ1n) is 8.38. The molecule has 1 aliphatic rings. The third kappa shape index (κ3) is 4.41. The SMILES string of the molecule is CN=C(NCCc1cccc2ccccc12)NC1CCCSC1. The van der Waals surface area contributed by atoms with E-state index in [1.165, 1.54) is 40.7 Å². The average Bonchev–Trinajstić information content (AvgIpc) is 2.62. The van der Waals surface area contributed by atoms with Crippen molar-refractivity contribution < 1.29 is 0 Å². The first-order chi connectivity index (χ1) is 11.4. The second-order valence-electron chi connectivity index (χ2n) is 5.95. The Kier molecular flexibility index (Phi) is 5.81. The number of fused-ring (bicyclic) bond motifs is 1. The number of nitrogens with one attached hydrogen (secondary N) is 2. The molecule has 0 spiro atoms. The van der Waals surface area contributed by atoms with Crippen LogP contribution >= 0.6 is 11.8 Å². The smallest absolute Gasteiger partial charge is 0.191 e. The Labute approximate surface area is 143 Å². The van der Waals surface area contributed by atoms with Gasteiger partial charge in [0.05, 0.1) is 0 Å². The van der Waals surface area contributed by atoms with E-state index in [2.05, 4.69) is 58.1 Å². The maximum absolute atomic E-state index is 4.36. The van der Waals surface area contributed by atoms with E-state index in [9.17, 15) is 0 Å². The number of nitrogens with zero attached hydrogens (tertiary/aromatic N) is 1. The van der Waals surface area contributed by atoms with Crippen LogP contribution in [0.1, 0.15) is 18.4 Å². The van der Waals surface area contributed by atoms with Crippen molar-refractivity contribution in [3.8, 4) is 0 Å².